The number of hydrogen-bond acceptors (Lipinski definition) is 5. The van der Waals surface area contributed by atoms with E-state index in [1.54, 1.807) is 13.8 Å². The molecule has 0 bridgehead atoms. The molecule has 0 spiro atoms. The smallest absolute Gasteiger partial charge is 0.308 e. The van der Waals surface area contributed by atoms with Gasteiger partial charge in [0, 0.05) is 12.3 Å². The van der Waals surface area contributed by atoms with Crippen molar-refractivity contribution in [3.8, 4) is 0 Å². The molecule has 0 aromatic rings. The molecule has 0 fully saturated rings. The zero-order valence-corrected chi connectivity index (χ0v) is 14.7. The minimum absolute atomic E-state index is 0.189. The molecule has 7 heteroatoms. The van der Waals surface area contributed by atoms with Gasteiger partial charge in [-0.25, -0.2) is 4.31 Å². The molecule has 19 heavy (non-hydrogen) atoms. The number of rotatable bonds is 10. The zero-order chi connectivity index (χ0) is 15.1. The maximum absolute atomic E-state index is 12.4. The molecule has 0 saturated carbocycles. The summed E-state index contributed by atoms with van der Waals surface area (Å²) in [4.78, 5) is 0. The largest absolute Gasteiger partial charge is 0.337 e. The van der Waals surface area contributed by atoms with Crippen LogP contribution in [0.15, 0.2) is 0 Å². The van der Waals surface area contributed by atoms with Crippen LogP contribution in [0, 0.1) is 11.8 Å². The molecular formula is C12H28O5P2. The standard InChI is InChI=1S/C12H28O5P2/c1-7-18(13,15-9-11(3)4)17-19(14,8-2)16-10-12(5)6/h11-12H,7-10H2,1-6H3. The molecule has 2 atom stereocenters. The SMILES string of the molecule is CCP(=O)(OCC(C)C)OP(=O)(CC)OCC(C)C. The van der Waals surface area contributed by atoms with Crippen molar-refractivity contribution in [1.82, 2.24) is 0 Å². The van der Waals surface area contributed by atoms with Gasteiger partial charge in [0.1, 0.15) is 0 Å². The molecule has 0 aliphatic carbocycles. The predicted molar refractivity (Wildman–Crippen MR) is 79.0 cm³/mol. The van der Waals surface area contributed by atoms with Gasteiger partial charge in [0.15, 0.2) is 0 Å². The van der Waals surface area contributed by atoms with Gasteiger partial charge in [-0.3, -0.25) is 9.13 Å². The van der Waals surface area contributed by atoms with Crippen LogP contribution >= 0.6 is 15.2 Å². The Balaban J connectivity index is 4.70. The van der Waals surface area contributed by atoms with Gasteiger partial charge >= 0.3 is 15.2 Å². The molecule has 0 heterocycles. The first kappa shape index (κ1) is 19.3. The molecule has 0 rings (SSSR count). The first-order valence-corrected chi connectivity index (χ1v) is 10.3. The Labute approximate surface area is 117 Å². The second kappa shape index (κ2) is 8.59. The molecule has 116 valence electrons. The van der Waals surface area contributed by atoms with Gasteiger partial charge < -0.3 is 9.05 Å². The molecular weight excluding hydrogens is 286 g/mol. The molecule has 0 N–H and O–H groups in total. The summed E-state index contributed by atoms with van der Waals surface area (Å²) in [7, 11) is -6.68. The third kappa shape index (κ3) is 8.27. The van der Waals surface area contributed by atoms with Crippen molar-refractivity contribution in [3.05, 3.63) is 0 Å². The highest BCUT2D eigenvalue weighted by atomic mass is 31.3. The topological polar surface area (TPSA) is 61.8 Å². The van der Waals surface area contributed by atoms with Gasteiger partial charge in [0.25, 0.3) is 0 Å². The van der Waals surface area contributed by atoms with E-state index in [4.69, 9.17) is 13.4 Å². The van der Waals surface area contributed by atoms with E-state index < -0.39 is 15.2 Å². The minimum atomic E-state index is -3.34. The summed E-state index contributed by atoms with van der Waals surface area (Å²) >= 11 is 0. The van der Waals surface area contributed by atoms with Crippen LogP contribution in [0.25, 0.3) is 0 Å². The van der Waals surface area contributed by atoms with Crippen molar-refractivity contribution in [3.63, 3.8) is 0 Å². The third-order valence-electron chi connectivity index (χ3n) is 2.23. The van der Waals surface area contributed by atoms with Crippen LogP contribution < -0.4 is 0 Å². The van der Waals surface area contributed by atoms with Crippen LogP contribution in [0.3, 0.4) is 0 Å². The highest BCUT2D eigenvalue weighted by molar-refractivity contribution is 7.67. The predicted octanol–water partition coefficient (Wildman–Crippen LogP) is 4.77. The fourth-order valence-electron chi connectivity index (χ4n) is 1.06. The molecule has 5 nitrogen and oxygen atoms in total. The summed E-state index contributed by atoms with van der Waals surface area (Å²) in [5.74, 6) is 0.474. The number of hydrogen-bond donors (Lipinski definition) is 0. The Bertz CT molecular complexity index is 309. The molecule has 0 aliphatic heterocycles. The summed E-state index contributed by atoms with van der Waals surface area (Å²) in [6.07, 6.45) is 0.378. The zero-order valence-electron chi connectivity index (χ0n) is 12.9. The maximum Gasteiger partial charge on any atom is 0.337 e. The Morgan fingerprint density at radius 2 is 1.11 bits per heavy atom. The average molecular weight is 314 g/mol. The van der Waals surface area contributed by atoms with E-state index in [1.165, 1.54) is 0 Å². The first-order chi connectivity index (χ1) is 8.66. The van der Waals surface area contributed by atoms with Crippen molar-refractivity contribution in [2.75, 3.05) is 25.5 Å². The lowest BCUT2D eigenvalue weighted by Crippen LogP contribution is -2.07. The van der Waals surface area contributed by atoms with E-state index in [9.17, 15) is 9.13 Å². The minimum Gasteiger partial charge on any atom is -0.308 e. The van der Waals surface area contributed by atoms with E-state index in [-0.39, 0.29) is 24.2 Å². The normalized spacial score (nSPS) is 18.5. The summed E-state index contributed by atoms with van der Waals surface area (Å²) in [6, 6.07) is 0. The van der Waals surface area contributed by atoms with Crippen molar-refractivity contribution < 1.29 is 22.5 Å². The van der Waals surface area contributed by atoms with Crippen LogP contribution in [-0.4, -0.2) is 25.5 Å². The fourth-order valence-corrected chi connectivity index (χ4v) is 5.29. The highest BCUT2D eigenvalue weighted by Gasteiger charge is 2.35. The van der Waals surface area contributed by atoms with Crippen molar-refractivity contribution in [2.45, 2.75) is 41.5 Å². The monoisotopic (exact) mass is 314 g/mol. The van der Waals surface area contributed by atoms with Crippen LogP contribution in [0.5, 0.6) is 0 Å². The highest BCUT2D eigenvalue weighted by Crippen LogP contribution is 2.64. The molecule has 2 unspecified atom stereocenters. The molecule has 0 aliphatic rings. The summed E-state index contributed by atoms with van der Waals surface area (Å²) in [6.45, 7) is 11.8. The molecule has 0 amide bonds. The average Bonchev–Trinajstić information content (AvgIpc) is 2.34. The van der Waals surface area contributed by atoms with E-state index in [0.29, 0.717) is 13.2 Å². The quantitative estimate of drug-likeness (QED) is 0.543. The summed E-state index contributed by atoms with van der Waals surface area (Å²) < 4.78 is 40.8. The molecule has 0 radical (unpaired) electrons. The second-order valence-electron chi connectivity index (χ2n) is 5.32. The Hall–Kier alpha value is 0.340. The molecule has 0 saturated heterocycles. The van der Waals surface area contributed by atoms with Gasteiger partial charge in [0.05, 0.1) is 13.2 Å². The molecule has 0 aromatic heterocycles. The van der Waals surface area contributed by atoms with Gasteiger partial charge in [-0.05, 0) is 11.8 Å². The van der Waals surface area contributed by atoms with E-state index in [2.05, 4.69) is 0 Å². The Morgan fingerprint density at radius 3 is 1.32 bits per heavy atom. The van der Waals surface area contributed by atoms with E-state index in [1.807, 2.05) is 27.7 Å². The summed E-state index contributed by atoms with van der Waals surface area (Å²) in [5, 5.41) is 0. The fraction of sp³-hybridized carbons (Fsp3) is 1.00. The van der Waals surface area contributed by atoms with Gasteiger partial charge in [-0.2, -0.15) is 0 Å². The Kier molecular flexibility index (Phi) is 8.74. The van der Waals surface area contributed by atoms with E-state index in [0.717, 1.165) is 0 Å². The van der Waals surface area contributed by atoms with E-state index >= 15 is 0 Å². The van der Waals surface area contributed by atoms with Crippen molar-refractivity contribution in [1.29, 1.82) is 0 Å². The first-order valence-electron chi connectivity index (χ1n) is 6.85. The van der Waals surface area contributed by atoms with Crippen molar-refractivity contribution >= 4 is 15.2 Å². The molecule has 0 aromatic carbocycles. The lowest BCUT2D eigenvalue weighted by atomic mass is 10.2. The van der Waals surface area contributed by atoms with Gasteiger partial charge in [-0.15, -0.1) is 0 Å². The van der Waals surface area contributed by atoms with Crippen molar-refractivity contribution in [2.24, 2.45) is 11.8 Å². The van der Waals surface area contributed by atoms with Gasteiger partial charge in [-0.1, -0.05) is 41.5 Å². The lowest BCUT2D eigenvalue weighted by molar-refractivity contribution is 0.201. The second-order valence-corrected chi connectivity index (χ2v) is 10.2. The van der Waals surface area contributed by atoms with Crippen LogP contribution in [0.4, 0.5) is 0 Å². The van der Waals surface area contributed by atoms with Crippen LogP contribution in [-0.2, 0) is 22.5 Å². The lowest BCUT2D eigenvalue weighted by Gasteiger charge is -2.24. The third-order valence-corrected chi connectivity index (χ3v) is 6.86. The summed E-state index contributed by atoms with van der Waals surface area (Å²) in [5.41, 5.74) is 0. The Morgan fingerprint density at radius 1 is 0.789 bits per heavy atom. The van der Waals surface area contributed by atoms with Crippen LogP contribution in [0.2, 0.25) is 0 Å². The maximum atomic E-state index is 12.4. The van der Waals surface area contributed by atoms with Crippen LogP contribution in [0.1, 0.15) is 41.5 Å². The van der Waals surface area contributed by atoms with Gasteiger partial charge in [0.2, 0.25) is 0 Å².